The maximum Gasteiger partial charge on any atom is 0.405 e. The van der Waals surface area contributed by atoms with E-state index >= 15 is 0 Å². The van der Waals surface area contributed by atoms with Crippen molar-refractivity contribution in [2.75, 3.05) is 29.9 Å². The van der Waals surface area contributed by atoms with Crippen molar-refractivity contribution in [3.8, 4) is 11.3 Å². The number of aromatic nitrogens is 5. The predicted octanol–water partition coefficient (Wildman–Crippen LogP) is 2.49. The molecule has 1 saturated heterocycles. The lowest BCUT2D eigenvalue weighted by Gasteiger charge is -2.20. The summed E-state index contributed by atoms with van der Waals surface area (Å²) in [5.41, 5.74) is 2.00. The molecule has 31 heavy (non-hydrogen) atoms. The summed E-state index contributed by atoms with van der Waals surface area (Å²) in [5, 5.41) is 5.46. The molecule has 3 aromatic heterocycles. The van der Waals surface area contributed by atoms with E-state index in [9.17, 15) is 18.0 Å². The van der Waals surface area contributed by atoms with Crippen molar-refractivity contribution in [2.45, 2.75) is 32.0 Å². The van der Waals surface area contributed by atoms with Gasteiger partial charge < -0.3 is 20.5 Å². The van der Waals surface area contributed by atoms with E-state index in [-0.39, 0.29) is 5.95 Å². The summed E-state index contributed by atoms with van der Waals surface area (Å²) < 4.78 is 37.2. The summed E-state index contributed by atoms with van der Waals surface area (Å²) in [6.45, 7) is 1.74. The number of carbonyl (C=O) groups excluding carboxylic acids is 1. The topological polar surface area (TPSA) is 112 Å². The average molecular weight is 434 g/mol. The number of fused-ring (bicyclic) bond motifs is 1. The van der Waals surface area contributed by atoms with Crippen LogP contribution in [0.3, 0.4) is 0 Å². The fourth-order valence-corrected chi connectivity index (χ4v) is 3.42. The molecule has 4 heterocycles. The highest BCUT2D eigenvalue weighted by Crippen LogP contribution is 2.30. The lowest BCUT2D eigenvalue weighted by atomic mass is 10.1. The Morgan fingerprint density at radius 2 is 2.06 bits per heavy atom. The molecule has 0 saturated carbocycles. The minimum atomic E-state index is -4.48. The van der Waals surface area contributed by atoms with Gasteiger partial charge in [0.15, 0.2) is 0 Å². The number of hydrogen-bond acceptors (Lipinski definition) is 7. The van der Waals surface area contributed by atoms with Crippen molar-refractivity contribution < 1.29 is 18.0 Å². The summed E-state index contributed by atoms with van der Waals surface area (Å²) in [7, 11) is 0. The number of carbonyl (C=O) groups is 1. The second-order valence-electron chi connectivity index (χ2n) is 7.32. The Kier molecular flexibility index (Phi) is 5.61. The number of aromatic amines is 1. The van der Waals surface area contributed by atoms with Gasteiger partial charge in [0.25, 0.3) is 0 Å². The third-order valence-electron chi connectivity index (χ3n) is 4.98. The van der Waals surface area contributed by atoms with Gasteiger partial charge in [-0.25, -0.2) is 15.0 Å². The van der Waals surface area contributed by atoms with Gasteiger partial charge in [0.05, 0.1) is 5.69 Å². The summed E-state index contributed by atoms with van der Waals surface area (Å²) in [6, 6.07) is 0.885. The van der Waals surface area contributed by atoms with Gasteiger partial charge in [-0.15, -0.1) is 0 Å². The van der Waals surface area contributed by atoms with Crippen molar-refractivity contribution in [3.05, 3.63) is 24.8 Å². The number of nitrogens with one attached hydrogen (secondary N) is 3. The van der Waals surface area contributed by atoms with E-state index in [2.05, 4.69) is 35.1 Å². The lowest BCUT2D eigenvalue weighted by molar-refractivity contribution is -0.138. The number of rotatable bonds is 6. The Morgan fingerprint density at radius 1 is 1.29 bits per heavy atom. The van der Waals surface area contributed by atoms with E-state index in [4.69, 9.17) is 0 Å². The van der Waals surface area contributed by atoms with Gasteiger partial charge in [-0.05, 0) is 19.8 Å². The van der Waals surface area contributed by atoms with Crippen LogP contribution in [0.25, 0.3) is 22.3 Å². The van der Waals surface area contributed by atoms with Crippen molar-refractivity contribution >= 4 is 28.7 Å². The number of nitrogens with zero attached hydrogens (tertiary/aromatic N) is 5. The Labute approximate surface area is 175 Å². The van der Waals surface area contributed by atoms with Crippen LogP contribution in [-0.4, -0.2) is 62.7 Å². The zero-order valence-corrected chi connectivity index (χ0v) is 16.7. The third-order valence-corrected chi connectivity index (χ3v) is 4.98. The van der Waals surface area contributed by atoms with E-state index in [0.29, 0.717) is 17.2 Å². The molecule has 3 aromatic rings. The molecule has 1 amide bonds. The van der Waals surface area contributed by atoms with Gasteiger partial charge >= 0.3 is 6.18 Å². The predicted molar refractivity (Wildman–Crippen MR) is 109 cm³/mol. The SMILES string of the molecule is C[C@H](Nc1nc(-c2c[nH]c3ncncc23)cc(N2CCCC2)n1)C(=O)NCC(F)(F)F. The molecule has 0 aliphatic carbocycles. The van der Waals surface area contributed by atoms with Crippen LogP contribution in [0, 0.1) is 0 Å². The first-order chi connectivity index (χ1) is 14.8. The minimum absolute atomic E-state index is 0.153. The minimum Gasteiger partial charge on any atom is -0.356 e. The molecule has 3 N–H and O–H groups in total. The van der Waals surface area contributed by atoms with Crippen molar-refractivity contribution in [3.63, 3.8) is 0 Å². The van der Waals surface area contributed by atoms with Gasteiger partial charge in [0, 0.05) is 42.5 Å². The highest BCUT2D eigenvalue weighted by atomic mass is 19.4. The molecule has 1 aliphatic heterocycles. The Hall–Kier alpha value is -3.44. The van der Waals surface area contributed by atoms with Crippen molar-refractivity contribution in [1.82, 2.24) is 30.2 Å². The monoisotopic (exact) mass is 434 g/mol. The molecular weight excluding hydrogens is 413 g/mol. The molecule has 164 valence electrons. The first kappa shape index (κ1) is 20.8. The molecule has 1 aliphatic rings. The first-order valence-corrected chi connectivity index (χ1v) is 9.82. The second-order valence-corrected chi connectivity index (χ2v) is 7.32. The molecule has 0 aromatic carbocycles. The molecule has 12 heteroatoms. The Balaban J connectivity index is 1.63. The fraction of sp³-hybridized carbons (Fsp3) is 0.421. The molecule has 1 fully saturated rings. The highest BCUT2D eigenvalue weighted by Gasteiger charge is 2.29. The molecular formula is C19H21F3N8O. The van der Waals surface area contributed by atoms with E-state index in [1.807, 2.05) is 11.4 Å². The van der Waals surface area contributed by atoms with Crippen LogP contribution in [0.15, 0.2) is 24.8 Å². The summed E-state index contributed by atoms with van der Waals surface area (Å²) in [4.78, 5) is 34.5. The van der Waals surface area contributed by atoms with Crippen molar-refractivity contribution in [1.29, 1.82) is 0 Å². The normalized spacial score (nSPS) is 15.3. The van der Waals surface area contributed by atoms with Crippen LogP contribution in [0.1, 0.15) is 19.8 Å². The van der Waals surface area contributed by atoms with Crippen LogP contribution >= 0.6 is 0 Å². The molecule has 9 nitrogen and oxygen atoms in total. The zero-order valence-electron chi connectivity index (χ0n) is 16.7. The van der Waals surface area contributed by atoms with E-state index < -0.39 is 24.7 Å². The summed E-state index contributed by atoms with van der Waals surface area (Å²) >= 11 is 0. The van der Waals surface area contributed by atoms with E-state index in [1.165, 1.54) is 13.3 Å². The van der Waals surface area contributed by atoms with Gasteiger partial charge in [-0.3, -0.25) is 4.79 Å². The maximum atomic E-state index is 12.4. The second kappa shape index (κ2) is 8.36. The van der Waals surface area contributed by atoms with Crippen LogP contribution in [0.5, 0.6) is 0 Å². The summed E-state index contributed by atoms with van der Waals surface area (Å²) in [5.74, 6) is 0.0360. The van der Waals surface area contributed by atoms with Crippen LogP contribution in [-0.2, 0) is 4.79 Å². The Morgan fingerprint density at radius 3 is 2.81 bits per heavy atom. The smallest absolute Gasteiger partial charge is 0.356 e. The number of hydrogen-bond donors (Lipinski definition) is 3. The van der Waals surface area contributed by atoms with Crippen LogP contribution < -0.4 is 15.5 Å². The number of halogens is 3. The largest absolute Gasteiger partial charge is 0.405 e. The molecule has 4 rings (SSSR count). The first-order valence-electron chi connectivity index (χ1n) is 9.82. The zero-order chi connectivity index (χ0) is 22.0. The molecule has 1 atom stereocenters. The van der Waals surface area contributed by atoms with Gasteiger partial charge in [-0.2, -0.15) is 18.2 Å². The van der Waals surface area contributed by atoms with Gasteiger partial charge in [0.1, 0.15) is 30.4 Å². The van der Waals surface area contributed by atoms with E-state index in [1.54, 1.807) is 12.4 Å². The average Bonchev–Trinajstić information content (AvgIpc) is 3.41. The quantitative estimate of drug-likeness (QED) is 0.547. The number of alkyl halides is 3. The third kappa shape index (κ3) is 4.84. The molecule has 0 bridgehead atoms. The molecule has 0 unspecified atom stereocenters. The van der Waals surface area contributed by atoms with Crippen molar-refractivity contribution in [2.24, 2.45) is 0 Å². The Bertz CT molecular complexity index is 1080. The van der Waals surface area contributed by atoms with Crippen LogP contribution in [0.2, 0.25) is 0 Å². The number of H-pyrrole nitrogens is 1. The maximum absolute atomic E-state index is 12.4. The number of anilines is 2. The standard InChI is InChI=1S/C19H21F3N8O/c1-11(17(31)25-9-19(20,21)22)27-18-28-14(6-15(29-18)30-4-2-3-5-30)12-8-24-16-13(12)7-23-10-26-16/h6-8,10-11H,2-5,9H2,1H3,(H,25,31)(H,23,24,26)(H,27,28,29)/t11-/m0/s1. The lowest BCUT2D eigenvalue weighted by Crippen LogP contribution is -2.42. The van der Waals surface area contributed by atoms with Crippen LogP contribution in [0.4, 0.5) is 24.9 Å². The summed E-state index contributed by atoms with van der Waals surface area (Å²) in [6.07, 6.45) is 2.47. The number of amides is 1. The fourth-order valence-electron chi connectivity index (χ4n) is 3.42. The van der Waals surface area contributed by atoms with Gasteiger partial charge in [-0.1, -0.05) is 0 Å². The molecule has 0 spiro atoms. The highest BCUT2D eigenvalue weighted by molar-refractivity contribution is 5.92. The van der Waals surface area contributed by atoms with Gasteiger partial charge in [0.2, 0.25) is 11.9 Å². The van der Waals surface area contributed by atoms with E-state index in [0.717, 1.165) is 36.9 Å². The molecule has 0 radical (unpaired) electrons.